The van der Waals surface area contributed by atoms with Gasteiger partial charge in [-0.25, -0.2) is 0 Å². The van der Waals surface area contributed by atoms with Gasteiger partial charge in [-0.05, 0) is 224 Å². The lowest BCUT2D eigenvalue weighted by Gasteiger charge is -2.46. The first-order valence-electron chi connectivity index (χ1n) is 43.8. The maximum absolute atomic E-state index is 7.64. The average Bonchev–Trinajstić information content (AvgIpc) is 1.01. The molecule has 0 unspecified atom stereocenters. The van der Waals surface area contributed by atoms with Crippen molar-refractivity contribution >= 4 is 123 Å². The monoisotopic (exact) mass is 1600 g/mol. The lowest BCUT2D eigenvalue weighted by Crippen LogP contribution is -2.61. The Morgan fingerprint density at radius 2 is 0.629 bits per heavy atom. The highest BCUT2D eigenvalue weighted by atomic mass is 16.3. The highest BCUT2D eigenvalue weighted by molar-refractivity contribution is 7.00. The van der Waals surface area contributed by atoms with Crippen molar-refractivity contribution in [3.05, 3.63) is 386 Å². The van der Waals surface area contributed by atoms with Crippen LogP contribution in [-0.4, -0.2) is 11.3 Å². The van der Waals surface area contributed by atoms with Crippen LogP contribution in [0.4, 0.5) is 34.1 Å². The van der Waals surface area contributed by atoms with Crippen molar-refractivity contribution in [3.63, 3.8) is 0 Å². The summed E-state index contributed by atoms with van der Waals surface area (Å²) in [7, 11) is 0. The van der Waals surface area contributed by atoms with Crippen molar-refractivity contribution in [2.45, 2.75) is 105 Å². The SMILES string of the molecule is CC(C)(C)c1cccc(-c2cc(C(C)(C)C)c3oc4ccccc4c3c2N2c3ccc(-c4cccc(-c5ccccc5)c4)cc3B3c4ccc(-n5c6ccccc6c6cc(-c7ccccc7)ccc65)cc4N(c4c(-c5cccc(C(C)(C)C)c5)cc(C(C)(C)C)c5oc6ccccc6c45)c4cc(-c5cc(-c6ccccc6)cc(-c6ccccc6)c5)cc2c43)c1. The van der Waals surface area contributed by atoms with Crippen molar-refractivity contribution in [2.24, 2.45) is 0 Å². The molecule has 0 spiro atoms. The van der Waals surface area contributed by atoms with Gasteiger partial charge in [0.05, 0.1) is 33.2 Å². The topological polar surface area (TPSA) is 37.7 Å². The molecule has 124 heavy (non-hydrogen) atoms. The number of hydrogen-bond acceptors (Lipinski definition) is 4. The Morgan fingerprint density at radius 3 is 1.14 bits per heavy atom. The van der Waals surface area contributed by atoms with Crippen molar-refractivity contribution in [3.8, 4) is 94.7 Å². The predicted octanol–water partition coefficient (Wildman–Crippen LogP) is 31.2. The number of furan rings is 2. The third-order valence-corrected chi connectivity index (χ3v) is 26.3. The zero-order chi connectivity index (χ0) is 84.4. The Balaban J connectivity index is 0.956. The second-order valence-electron chi connectivity index (χ2n) is 38.4. The van der Waals surface area contributed by atoms with E-state index in [1.807, 2.05) is 0 Å². The van der Waals surface area contributed by atoms with Crippen LogP contribution in [0.25, 0.3) is 160 Å². The van der Waals surface area contributed by atoms with Crippen LogP contribution in [0.1, 0.15) is 105 Å². The molecule has 22 rings (SSSR count). The molecular weight excluding hydrogens is 1500 g/mol. The number of benzene rings is 17. The normalized spacial score (nSPS) is 13.0. The first-order chi connectivity index (χ1) is 60.0. The van der Waals surface area contributed by atoms with Crippen LogP contribution < -0.4 is 26.2 Å². The number of nitrogens with zero attached hydrogens (tertiary/aromatic N) is 3. The minimum absolute atomic E-state index is 0.178. The number of fused-ring (bicyclic) bond motifs is 13. The molecule has 0 aliphatic carbocycles. The molecule has 0 saturated heterocycles. The van der Waals surface area contributed by atoms with Crippen LogP contribution in [0, 0.1) is 0 Å². The fourth-order valence-corrected chi connectivity index (χ4v) is 20.0. The van der Waals surface area contributed by atoms with E-state index >= 15 is 0 Å². The second kappa shape index (κ2) is 28.7. The maximum atomic E-state index is 7.64. The van der Waals surface area contributed by atoms with Gasteiger partial charge < -0.3 is 23.2 Å². The smallest absolute Gasteiger partial charge is 0.252 e. The van der Waals surface area contributed by atoms with Gasteiger partial charge in [-0.2, -0.15) is 0 Å². The van der Waals surface area contributed by atoms with Gasteiger partial charge in [0, 0.05) is 72.2 Å². The molecule has 17 aromatic carbocycles. The van der Waals surface area contributed by atoms with Gasteiger partial charge in [0.1, 0.15) is 22.3 Å². The summed E-state index contributed by atoms with van der Waals surface area (Å²) in [6.45, 7) is 27.7. The summed E-state index contributed by atoms with van der Waals surface area (Å²) in [6.07, 6.45) is 0. The summed E-state index contributed by atoms with van der Waals surface area (Å²) < 4.78 is 17.7. The highest BCUT2D eigenvalue weighted by Gasteiger charge is 2.47. The van der Waals surface area contributed by atoms with Gasteiger partial charge in [-0.3, -0.25) is 0 Å². The molecule has 0 N–H and O–H groups in total. The summed E-state index contributed by atoms with van der Waals surface area (Å²) in [5.74, 6) is 0. The van der Waals surface area contributed by atoms with E-state index in [4.69, 9.17) is 8.83 Å². The molecule has 2 aliphatic rings. The van der Waals surface area contributed by atoms with Crippen molar-refractivity contribution in [1.82, 2.24) is 4.57 Å². The summed E-state index contributed by atoms with van der Waals surface area (Å²) >= 11 is 0. The molecular formula is C118H96BN3O2. The third-order valence-electron chi connectivity index (χ3n) is 26.3. The largest absolute Gasteiger partial charge is 0.456 e. The number of anilines is 6. The Labute approximate surface area is 726 Å². The van der Waals surface area contributed by atoms with Gasteiger partial charge in [0.25, 0.3) is 6.71 Å². The first kappa shape index (κ1) is 76.0. The second-order valence-corrected chi connectivity index (χ2v) is 38.4. The molecule has 2 aliphatic heterocycles. The van der Waals surface area contributed by atoms with Crippen molar-refractivity contribution in [1.29, 1.82) is 0 Å². The van der Waals surface area contributed by atoms with Crippen molar-refractivity contribution < 1.29 is 8.83 Å². The van der Waals surface area contributed by atoms with Crippen LogP contribution in [0.5, 0.6) is 0 Å². The Hall–Kier alpha value is -14.2. The molecule has 0 radical (unpaired) electrons. The molecule has 5 nitrogen and oxygen atoms in total. The summed E-state index contributed by atoms with van der Waals surface area (Å²) in [6, 6.07) is 138. The summed E-state index contributed by atoms with van der Waals surface area (Å²) in [4.78, 5) is 5.45. The van der Waals surface area contributed by atoms with Crippen LogP contribution in [0.2, 0.25) is 0 Å². The lowest BCUT2D eigenvalue weighted by molar-refractivity contribution is 0.572. The molecule has 3 aromatic heterocycles. The van der Waals surface area contributed by atoms with E-state index in [0.717, 1.165) is 178 Å². The molecule has 5 heterocycles. The van der Waals surface area contributed by atoms with E-state index in [1.54, 1.807) is 0 Å². The summed E-state index contributed by atoms with van der Waals surface area (Å²) in [5.41, 5.74) is 38.2. The van der Waals surface area contributed by atoms with Crippen LogP contribution in [0.15, 0.2) is 373 Å². The van der Waals surface area contributed by atoms with E-state index in [2.05, 4.69) is 461 Å². The van der Waals surface area contributed by atoms with Gasteiger partial charge in [0.15, 0.2) is 0 Å². The number of hydrogen-bond donors (Lipinski definition) is 0. The zero-order valence-electron chi connectivity index (χ0n) is 72.4. The number of para-hydroxylation sites is 3. The zero-order valence-corrected chi connectivity index (χ0v) is 72.4. The third kappa shape index (κ3) is 12.6. The molecule has 6 heteroatoms. The molecule has 0 saturated carbocycles. The minimum atomic E-state index is -0.388. The lowest BCUT2D eigenvalue weighted by atomic mass is 9.33. The molecule has 0 amide bonds. The van der Waals surface area contributed by atoms with Gasteiger partial charge in [0.2, 0.25) is 0 Å². The molecule has 598 valence electrons. The van der Waals surface area contributed by atoms with E-state index in [9.17, 15) is 0 Å². The molecule has 20 aromatic rings. The highest BCUT2D eigenvalue weighted by Crippen LogP contribution is 2.58. The Bertz CT molecular complexity index is 7650. The fourth-order valence-electron chi connectivity index (χ4n) is 20.0. The van der Waals surface area contributed by atoms with E-state index in [1.165, 1.54) is 55.0 Å². The first-order valence-corrected chi connectivity index (χ1v) is 43.8. The quantitative estimate of drug-likeness (QED) is 0.121. The molecule has 0 fully saturated rings. The van der Waals surface area contributed by atoms with Gasteiger partial charge >= 0.3 is 0 Å². The van der Waals surface area contributed by atoms with Crippen LogP contribution >= 0.6 is 0 Å². The number of rotatable bonds is 11. The Kier molecular flexibility index (Phi) is 17.6. The van der Waals surface area contributed by atoms with Gasteiger partial charge in [-0.15, -0.1) is 0 Å². The van der Waals surface area contributed by atoms with E-state index < -0.39 is 0 Å². The van der Waals surface area contributed by atoms with Crippen LogP contribution in [-0.2, 0) is 21.7 Å². The standard InChI is InChI=1S/C118H96BN3O2/c1-115(2,3)87-46-32-44-81(64-87)93-71-96(117(7,8)9)113-108(91-49-26-29-52-106(91)123-113)111(93)121-102-59-55-80(78-43-31-42-77(60-78)73-34-17-13-18-35-73)67-99(102)119-98-57-56-89(120-100-51-28-25-48-90(100)95-66-79(54-58-101(95)120)74-36-19-14-20-37-74)70-103(98)122(105-69-86(68-104(121)110(105)119)85-62-83(75-38-21-15-22-39-75)61-84(63-85)76-40-23-16-24-41-76)112-94(82-45-33-47-88(65-82)116(4,5)6)72-97(118(10,11)12)114-109(112)92-50-27-30-53-107(92)124-114/h13-72H,1-12H3. The average molecular weight is 1600 g/mol. The van der Waals surface area contributed by atoms with Crippen molar-refractivity contribution in [2.75, 3.05) is 9.80 Å². The minimum Gasteiger partial charge on any atom is -0.456 e. The fraction of sp³-hybridized carbons (Fsp3) is 0.136. The summed E-state index contributed by atoms with van der Waals surface area (Å²) in [5, 5.41) is 6.58. The van der Waals surface area contributed by atoms with Crippen LogP contribution in [0.3, 0.4) is 0 Å². The van der Waals surface area contributed by atoms with Gasteiger partial charge in [-0.1, -0.05) is 350 Å². The Morgan fingerprint density at radius 1 is 0.242 bits per heavy atom. The number of aromatic nitrogens is 1. The van der Waals surface area contributed by atoms with E-state index in [-0.39, 0.29) is 28.4 Å². The van der Waals surface area contributed by atoms with E-state index in [0.29, 0.717) is 0 Å². The molecule has 0 bridgehead atoms. The predicted molar refractivity (Wildman–Crippen MR) is 528 cm³/mol. The molecule has 0 atom stereocenters. The maximum Gasteiger partial charge on any atom is 0.252 e.